The van der Waals surface area contributed by atoms with Crippen LogP contribution in [-0.4, -0.2) is 50.1 Å². The lowest BCUT2D eigenvalue weighted by Crippen LogP contribution is -2.43. The van der Waals surface area contributed by atoms with Crippen LogP contribution in [0, 0.1) is 0 Å². The summed E-state index contributed by atoms with van der Waals surface area (Å²) in [5.41, 5.74) is 0. The Morgan fingerprint density at radius 3 is 2.36 bits per heavy atom. The Kier molecular flexibility index (Phi) is 7.42. The highest BCUT2D eigenvalue weighted by molar-refractivity contribution is 5.77. The molecule has 1 unspecified atom stereocenters. The molecule has 84 valence electrons. The van der Waals surface area contributed by atoms with Gasteiger partial charge in [0.25, 0.3) is 0 Å². The van der Waals surface area contributed by atoms with E-state index in [4.69, 9.17) is 0 Å². The summed E-state index contributed by atoms with van der Waals surface area (Å²) in [4.78, 5) is 13.3. The fourth-order valence-corrected chi connectivity index (χ4v) is 1.29. The number of carbonyl (C=O) groups excluding carboxylic acids is 1. The molecule has 1 atom stereocenters. The molecule has 2 N–H and O–H groups in total. The van der Waals surface area contributed by atoms with Crippen molar-refractivity contribution in [2.45, 2.75) is 26.8 Å². The third-order valence-electron chi connectivity index (χ3n) is 2.32. The Morgan fingerprint density at radius 2 is 1.93 bits per heavy atom. The first-order valence-electron chi connectivity index (χ1n) is 5.30. The third kappa shape index (κ3) is 5.94. The maximum Gasteiger partial charge on any atom is 0.233 e. The van der Waals surface area contributed by atoms with E-state index in [1.165, 1.54) is 0 Å². The summed E-state index contributed by atoms with van der Waals surface area (Å²) in [6.45, 7) is 9.90. The Balaban J connectivity index is 3.63. The first kappa shape index (κ1) is 13.4. The first-order valence-corrected chi connectivity index (χ1v) is 5.30. The van der Waals surface area contributed by atoms with Gasteiger partial charge in [0.15, 0.2) is 0 Å². The Bertz CT molecular complexity index is 157. The van der Waals surface area contributed by atoms with E-state index < -0.39 is 0 Å². The van der Waals surface area contributed by atoms with Crippen molar-refractivity contribution in [1.82, 2.24) is 15.5 Å². The smallest absolute Gasteiger partial charge is 0.233 e. The lowest BCUT2D eigenvalue weighted by Gasteiger charge is -2.23. The minimum absolute atomic E-state index is 0.0383. The van der Waals surface area contributed by atoms with Crippen LogP contribution in [-0.2, 0) is 4.79 Å². The summed E-state index contributed by atoms with van der Waals surface area (Å²) in [7, 11) is 1.65. The summed E-state index contributed by atoms with van der Waals surface area (Å²) < 4.78 is 0. The van der Waals surface area contributed by atoms with Crippen molar-refractivity contribution in [2.75, 3.05) is 33.2 Å². The number of nitrogens with one attached hydrogen (secondary N) is 2. The van der Waals surface area contributed by atoms with Crippen molar-refractivity contribution in [3.63, 3.8) is 0 Å². The van der Waals surface area contributed by atoms with Crippen LogP contribution in [0.3, 0.4) is 0 Å². The number of amides is 1. The van der Waals surface area contributed by atoms with E-state index in [2.05, 4.69) is 36.3 Å². The molecule has 0 bridgehead atoms. The highest BCUT2D eigenvalue weighted by atomic mass is 16.1. The average Bonchev–Trinajstić information content (AvgIpc) is 2.22. The molecule has 0 aromatic rings. The Hall–Kier alpha value is -0.610. The van der Waals surface area contributed by atoms with E-state index in [-0.39, 0.29) is 5.91 Å². The molecule has 0 spiro atoms. The zero-order valence-corrected chi connectivity index (χ0v) is 9.76. The number of rotatable bonds is 7. The van der Waals surface area contributed by atoms with Crippen LogP contribution in [0.15, 0.2) is 0 Å². The summed E-state index contributed by atoms with van der Waals surface area (Å²) in [6.07, 6.45) is 0. The molecule has 4 nitrogen and oxygen atoms in total. The fourth-order valence-electron chi connectivity index (χ4n) is 1.29. The second-order valence-corrected chi connectivity index (χ2v) is 3.44. The van der Waals surface area contributed by atoms with Gasteiger partial charge in [0.2, 0.25) is 5.91 Å². The van der Waals surface area contributed by atoms with E-state index in [1.54, 1.807) is 7.05 Å². The highest BCUT2D eigenvalue weighted by Gasteiger charge is 2.07. The molecule has 0 saturated carbocycles. The van der Waals surface area contributed by atoms with Crippen LogP contribution < -0.4 is 10.6 Å². The second-order valence-electron chi connectivity index (χ2n) is 3.44. The van der Waals surface area contributed by atoms with Crippen LogP contribution in [0.5, 0.6) is 0 Å². The number of hydrogen-bond donors (Lipinski definition) is 2. The second kappa shape index (κ2) is 7.76. The predicted molar refractivity (Wildman–Crippen MR) is 59.3 cm³/mol. The molecule has 0 saturated heterocycles. The van der Waals surface area contributed by atoms with Gasteiger partial charge in [-0.2, -0.15) is 0 Å². The zero-order chi connectivity index (χ0) is 11.0. The van der Waals surface area contributed by atoms with E-state index in [0.717, 1.165) is 19.6 Å². The number of nitrogens with zero attached hydrogens (tertiary/aromatic N) is 1. The average molecular weight is 201 g/mol. The van der Waals surface area contributed by atoms with Crippen LogP contribution in [0.25, 0.3) is 0 Å². The quantitative estimate of drug-likeness (QED) is 0.612. The van der Waals surface area contributed by atoms with Crippen LogP contribution >= 0.6 is 0 Å². The highest BCUT2D eigenvalue weighted by Crippen LogP contribution is 1.90. The monoisotopic (exact) mass is 201 g/mol. The van der Waals surface area contributed by atoms with E-state index in [1.807, 2.05) is 0 Å². The van der Waals surface area contributed by atoms with Gasteiger partial charge in [-0.25, -0.2) is 0 Å². The normalized spacial score (nSPS) is 12.9. The van der Waals surface area contributed by atoms with Gasteiger partial charge in [0.1, 0.15) is 0 Å². The van der Waals surface area contributed by atoms with Crippen LogP contribution in [0.2, 0.25) is 0 Å². The first-order chi connectivity index (χ1) is 6.63. The van der Waals surface area contributed by atoms with Crippen molar-refractivity contribution >= 4 is 5.91 Å². The summed E-state index contributed by atoms with van der Waals surface area (Å²) in [5.74, 6) is 0.0383. The molecule has 0 aliphatic rings. The van der Waals surface area contributed by atoms with Crippen LogP contribution in [0.1, 0.15) is 20.8 Å². The molecule has 1 amide bonds. The maximum absolute atomic E-state index is 11.0. The van der Waals surface area contributed by atoms with Crippen molar-refractivity contribution < 1.29 is 4.79 Å². The molecule has 14 heavy (non-hydrogen) atoms. The van der Waals surface area contributed by atoms with E-state index in [0.29, 0.717) is 12.6 Å². The summed E-state index contributed by atoms with van der Waals surface area (Å²) in [6, 6.07) is 0.354. The van der Waals surface area contributed by atoms with Gasteiger partial charge in [-0.15, -0.1) is 0 Å². The van der Waals surface area contributed by atoms with Crippen LogP contribution in [0.4, 0.5) is 0 Å². The van der Waals surface area contributed by atoms with Crippen molar-refractivity contribution in [1.29, 1.82) is 0 Å². The van der Waals surface area contributed by atoms with Crippen molar-refractivity contribution in [3.05, 3.63) is 0 Å². The summed E-state index contributed by atoms with van der Waals surface area (Å²) >= 11 is 0. The van der Waals surface area contributed by atoms with Gasteiger partial charge in [-0.3, -0.25) is 4.79 Å². The molecular weight excluding hydrogens is 178 g/mol. The SMILES string of the molecule is CCN(CC)CC(C)NCC(=O)NC. The summed E-state index contributed by atoms with van der Waals surface area (Å²) in [5, 5.41) is 5.77. The molecule has 4 heteroatoms. The van der Waals surface area contributed by atoms with Gasteiger partial charge in [-0.1, -0.05) is 13.8 Å². The van der Waals surface area contributed by atoms with Gasteiger partial charge >= 0.3 is 0 Å². The fraction of sp³-hybridized carbons (Fsp3) is 0.900. The lowest BCUT2D eigenvalue weighted by atomic mass is 10.3. The van der Waals surface area contributed by atoms with Crippen molar-refractivity contribution in [2.24, 2.45) is 0 Å². The van der Waals surface area contributed by atoms with Gasteiger partial charge < -0.3 is 15.5 Å². The minimum Gasteiger partial charge on any atom is -0.358 e. The molecule has 0 rings (SSSR count). The Labute approximate surface area is 87.0 Å². The standard InChI is InChI=1S/C10H23N3O/c1-5-13(6-2)8-9(3)12-7-10(14)11-4/h9,12H,5-8H2,1-4H3,(H,11,14). The topological polar surface area (TPSA) is 44.4 Å². The number of hydrogen-bond acceptors (Lipinski definition) is 3. The molecule has 0 aromatic carbocycles. The predicted octanol–water partition coefficient (Wildman–Crippen LogP) is 0.0523. The minimum atomic E-state index is 0.0383. The molecule has 0 aliphatic heterocycles. The molecule has 0 heterocycles. The number of likely N-dealkylation sites (N-methyl/N-ethyl adjacent to an activating group) is 2. The number of carbonyl (C=O) groups is 1. The zero-order valence-electron chi connectivity index (χ0n) is 9.76. The largest absolute Gasteiger partial charge is 0.358 e. The van der Waals surface area contributed by atoms with E-state index >= 15 is 0 Å². The Morgan fingerprint density at radius 1 is 1.36 bits per heavy atom. The molecule has 0 radical (unpaired) electrons. The van der Waals surface area contributed by atoms with Gasteiger partial charge in [-0.05, 0) is 20.0 Å². The van der Waals surface area contributed by atoms with Crippen molar-refractivity contribution in [3.8, 4) is 0 Å². The maximum atomic E-state index is 11.0. The van der Waals surface area contributed by atoms with E-state index in [9.17, 15) is 4.79 Å². The molecule has 0 fully saturated rings. The molecular formula is C10H23N3O. The molecule has 0 aromatic heterocycles. The lowest BCUT2D eigenvalue weighted by molar-refractivity contribution is -0.119. The van der Waals surface area contributed by atoms with Gasteiger partial charge in [0.05, 0.1) is 6.54 Å². The third-order valence-corrected chi connectivity index (χ3v) is 2.32. The van der Waals surface area contributed by atoms with Gasteiger partial charge in [0, 0.05) is 19.6 Å². The molecule has 0 aliphatic carbocycles.